The van der Waals surface area contributed by atoms with Gasteiger partial charge in [0, 0.05) is 0 Å². The van der Waals surface area contributed by atoms with Crippen LogP contribution in [0.15, 0.2) is 135 Å². The lowest BCUT2D eigenvalue weighted by Crippen LogP contribution is -2.58. The predicted molar refractivity (Wildman–Crippen MR) is 177 cm³/mol. The number of esters is 2. The van der Waals surface area contributed by atoms with Crippen molar-refractivity contribution < 1.29 is 59.7 Å². The van der Waals surface area contributed by atoms with Crippen molar-refractivity contribution in [1.29, 1.82) is 0 Å². The van der Waals surface area contributed by atoms with Crippen molar-refractivity contribution in [3.63, 3.8) is 0 Å². The molecule has 4 rings (SSSR count). The van der Waals surface area contributed by atoms with E-state index in [-0.39, 0.29) is 48.0 Å². The Morgan fingerprint density at radius 3 is 1.13 bits per heavy atom. The van der Waals surface area contributed by atoms with Gasteiger partial charge in [-0.25, -0.2) is 9.59 Å². The number of hydrogen-bond acceptors (Lipinski definition) is 7. The van der Waals surface area contributed by atoms with Crippen molar-refractivity contribution in [3.8, 4) is 11.5 Å². The molecule has 272 valence electrons. The van der Waals surface area contributed by atoms with Crippen molar-refractivity contribution in [2.45, 2.75) is 49.6 Å². The van der Waals surface area contributed by atoms with E-state index in [0.29, 0.717) is 0 Å². The van der Waals surface area contributed by atoms with E-state index >= 15 is 0 Å². The fraction of sp³-hybridized carbons (Fsp3) is 0.205. The zero-order valence-electron chi connectivity index (χ0n) is 27.4. The fourth-order valence-electron chi connectivity index (χ4n) is 5.00. The molecule has 0 aromatic heterocycles. The summed E-state index contributed by atoms with van der Waals surface area (Å²) in [5.41, 5.74) is -6.12. The molecule has 2 atom stereocenters. The minimum atomic E-state index is -5.30. The summed E-state index contributed by atoms with van der Waals surface area (Å²) >= 11 is 0. The normalized spacial score (nSPS) is 13.8. The number of alkyl halides is 6. The number of halogens is 6. The topological polar surface area (TPSA) is 88.1 Å². The van der Waals surface area contributed by atoms with Crippen LogP contribution in [0.1, 0.15) is 44.7 Å². The number of benzene rings is 4. The molecule has 0 spiro atoms. The summed E-state index contributed by atoms with van der Waals surface area (Å²) in [7, 11) is 0. The third-order valence-corrected chi connectivity index (χ3v) is 7.58. The number of hydrogen-bond donors (Lipinski definition) is 0. The first-order valence-electron chi connectivity index (χ1n) is 15.5. The highest BCUT2D eigenvalue weighted by Crippen LogP contribution is 2.41. The van der Waals surface area contributed by atoms with Gasteiger partial charge in [0.1, 0.15) is 24.7 Å². The number of ketones is 1. The third kappa shape index (κ3) is 10.6. The van der Waals surface area contributed by atoms with Crippen LogP contribution in [0.2, 0.25) is 0 Å². The largest absolute Gasteiger partial charge is 0.489 e. The Bertz CT molecular complexity index is 1710. The molecule has 0 aliphatic heterocycles. The zero-order chi connectivity index (χ0) is 38.0. The van der Waals surface area contributed by atoms with Gasteiger partial charge in [0.25, 0.3) is 0 Å². The van der Waals surface area contributed by atoms with Gasteiger partial charge in [-0.05, 0) is 71.8 Å². The molecule has 0 N–H and O–H groups in total. The maximum absolute atomic E-state index is 14.0. The molecule has 13 heteroatoms. The molecule has 0 bridgehead atoms. The van der Waals surface area contributed by atoms with Gasteiger partial charge < -0.3 is 18.9 Å². The Hall–Kier alpha value is -5.85. The molecule has 7 nitrogen and oxygen atoms in total. The van der Waals surface area contributed by atoms with E-state index < -0.39 is 54.1 Å². The van der Waals surface area contributed by atoms with Gasteiger partial charge in [0.2, 0.25) is 17.0 Å². The Balaban J connectivity index is 1.60. The van der Waals surface area contributed by atoms with Gasteiger partial charge in [-0.15, -0.1) is 0 Å². The molecule has 0 aliphatic rings. The first-order chi connectivity index (χ1) is 24.6. The van der Waals surface area contributed by atoms with Gasteiger partial charge in [-0.3, -0.25) is 4.79 Å². The Kier molecular flexibility index (Phi) is 12.3. The summed E-state index contributed by atoms with van der Waals surface area (Å²) < 4.78 is 106. The second kappa shape index (κ2) is 16.4. The number of carbonyl (C=O) groups excluding carboxylic acids is 3. The van der Waals surface area contributed by atoms with Crippen LogP contribution in [0.3, 0.4) is 0 Å². The minimum absolute atomic E-state index is 0.151. The highest BCUT2D eigenvalue weighted by Gasteiger charge is 2.60. The molecule has 52 heavy (non-hydrogen) atoms. The van der Waals surface area contributed by atoms with Crippen molar-refractivity contribution in [2.24, 2.45) is 0 Å². The van der Waals surface area contributed by atoms with E-state index in [2.05, 4.69) is 13.2 Å². The van der Waals surface area contributed by atoms with Crippen LogP contribution in [0, 0.1) is 0 Å². The van der Waals surface area contributed by atoms with Crippen LogP contribution in [0.5, 0.6) is 11.5 Å². The van der Waals surface area contributed by atoms with E-state index in [0.717, 1.165) is 35.4 Å². The van der Waals surface area contributed by atoms with Crippen molar-refractivity contribution in [3.05, 3.63) is 157 Å². The Morgan fingerprint density at radius 1 is 0.519 bits per heavy atom. The van der Waals surface area contributed by atoms with Gasteiger partial charge >= 0.3 is 24.3 Å². The standard InChI is InChI=1S/C39H32F6O7/c1-3-36(25-38(40,41)42,51-33(46)29-15-19-31(20-16-29)49-23-27-11-7-5-8-12-27)35(48)37(4-2,26-39(43,44)45)52-34(47)30-17-21-32(22-18-30)50-24-28-13-9-6-10-14-28/h3-22H,1-2,23-26H2. The fourth-order valence-corrected chi connectivity index (χ4v) is 5.00. The lowest BCUT2D eigenvalue weighted by molar-refractivity contribution is -0.195. The van der Waals surface area contributed by atoms with Gasteiger partial charge in [-0.2, -0.15) is 26.3 Å². The Labute approximate surface area is 295 Å². The third-order valence-electron chi connectivity index (χ3n) is 7.58. The second-order valence-corrected chi connectivity index (χ2v) is 11.5. The SMILES string of the molecule is C=CC(CC(F)(F)F)(OC(=O)c1ccc(OCc2ccccc2)cc1)C(=O)C(C=C)(CC(F)(F)F)OC(=O)c1ccc(OCc2ccccc2)cc1. The average Bonchev–Trinajstić information content (AvgIpc) is 3.12. The average molecular weight is 727 g/mol. The van der Waals surface area contributed by atoms with Crippen LogP contribution in [0.4, 0.5) is 26.3 Å². The zero-order valence-corrected chi connectivity index (χ0v) is 27.4. The molecular weight excluding hydrogens is 694 g/mol. The van der Waals surface area contributed by atoms with E-state index in [4.69, 9.17) is 18.9 Å². The molecular formula is C39H32F6O7. The molecule has 0 saturated carbocycles. The van der Waals surface area contributed by atoms with Crippen LogP contribution in [0.25, 0.3) is 0 Å². The highest BCUT2D eigenvalue weighted by molar-refractivity contribution is 6.03. The maximum Gasteiger partial charge on any atom is 0.393 e. The van der Waals surface area contributed by atoms with Crippen molar-refractivity contribution in [2.75, 3.05) is 0 Å². The summed E-state index contributed by atoms with van der Waals surface area (Å²) in [6.07, 6.45) is -14.7. The molecule has 4 aromatic carbocycles. The number of Topliss-reactive ketones (excluding diaryl/α,β-unsaturated/α-hetero) is 1. The van der Waals surface area contributed by atoms with Crippen LogP contribution >= 0.6 is 0 Å². The molecule has 0 amide bonds. The summed E-state index contributed by atoms with van der Waals surface area (Å²) in [4.78, 5) is 40.5. The van der Waals surface area contributed by atoms with E-state index in [1.807, 2.05) is 12.1 Å². The summed E-state index contributed by atoms with van der Waals surface area (Å²) in [5.74, 6) is -4.60. The van der Waals surface area contributed by atoms with Crippen molar-refractivity contribution in [1.82, 2.24) is 0 Å². The smallest absolute Gasteiger partial charge is 0.393 e. The minimum Gasteiger partial charge on any atom is -0.489 e. The lowest BCUT2D eigenvalue weighted by atomic mass is 9.80. The van der Waals surface area contributed by atoms with Gasteiger partial charge in [0.15, 0.2) is 0 Å². The maximum atomic E-state index is 14.0. The Morgan fingerprint density at radius 2 is 0.846 bits per heavy atom. The van der Waals surface area contributed by atoms with E-state index in [9.17, 15) is 40.7 Å². The molecule has 2 unspecified atom stereocenters. The molecule has 0 aliphatic carbocycles. The quantitative estimate of drug-likeness (QED) is 0.0647. The highest BCUT2D eigenvalue weighted by atomic mass is 19.4. The summed E-state index contributed by atoms with van der Waals surface area (Å²) in [6.45, 7) is 6.69. The first kappa shape index (κ1) is 38.9. The second-order valence-electron chi connectivity index (χ2n) is 11.5. The monoisotopic (exact) mass is 726 g/mol. The predicted octanol–water partition coefficient (Wildman–Crippen LogP) is 9.18. The molecule has 0 saturated heterocycles. The lowest BCUT2D eigenvalue weighted by Gasteiger charge is -2.38. The van der Waals surface area contributed by atoms with E-state index in [1.54, 1.807) is 48.5 Å². The molecule has 0 radical (unpaired) electrons. The summed E-state index contributed by atoms with van der Waals surface area (Å²) in [6, 6.07) is 27.7. The number of carbonyl (C=O) groups is 3. The van der Waals surface area contributed by atoms with Gasteiger partial charge in [0.05, 0.1) is 24.0 Å². The molecule has 0 heterocycles. The van der Waals surface area contributed by atoms with E-state index in [1.165, 1.54) is 24.3 Å². The van der Waals surface area contributed by atoms with Crippen LogP contribution < -0.4 is 9.47 Å². The first-order valence-corrected chi connectivity index (χ1v) is 15.5. The number of ether oxygens (including phenoxy) is 4. The van der Waals surface area contributed by atoms with Gasteiger partial charge in [-0.1, -0.05) is 73.8 Å². The van der Waals surface area contributed by atoms with Crippen molar-refractivity contribution >= 4 is 17.7 Å². The molecule has 0 fully saturated rings. The van der Waals surface area contributed by atoms with Crippen LogP contribution in [-0.4, -0.2) is 41.3 Å². The number of rotatable bonds is 16. The summed E-state index contributed by atoms with van der Waals surface area (Å²) in [5, 5.41) is 0. The molecule has 4 aromatic rings. The van der Waals surface area contributed by atoms with Crippen LogP contribution in [-0.2, 0) is 27.5 Å².